The first-order valence-corrected chi connectivity index (χ1v) is 12.1. The van der Waals surface area contributed by atoms with E-state index in [4.69, 9.17) is 4.74 Å². The van der Waals surface area contributed by atoms with E-state index < -0.39 is 22.7 Å². The van der Waals surface area contributed by atoms with E-state index in [0.29, 0.717) is 43.0 Å². The molecule has 2 aromatic rings. The lowest BCUT2D eigenvalue weighted by molar-refractivity contribution is -0.384. The number of hydrogen-bond donors (Lipinski definition) is 1. The second kappa shape index (κ2) is 11.8. The fourth-order valence-electron chi connectivity index (χ4n) is 4.23. The van der Waals surface area contributed by atoms with Crippen LogP contribution < -0.4 is 4.74 Å². The van der Waals surface area contributed by atoms with Gasteiger partial charge in [-0.25, -0.2) is 0 Å². The Balaban J connectivity index is 2.04. The molecule has 1 heterocycles. The van der Waals surface area contributed by atoms with Crippen LogP contribution in [-0.4, -0.2) is 65.3 Å². The number of aliphatic hydroxyl groups excluding tert-OH is 1. The predicted molar refractivity (Wildman–Crippen MR) is 137 cm³/mol. The number of unbranched alkanes of at least 4 members (excludes halogenated alkanes) is 1. The molecule has 0 aliphatic carbocycles. The van der Waals surface area contributed by atoms with Crippen LogP contribution in [0.25, 0.3) is 5.76 Å². The molecule has 1 amide bonds. The van der Waals surface area contributed by atoms with Gasteiger partial charge in [-0.1, -0.05) is 13.3 Å². The first kappa shape index (κ1) is 26.9. The van der Waals surface area contributed by atoms with Gasteiger partial charge in [0.1, 0.15) is 11.5 Å². The molecule has 0 radical (unpaired) electrons. The van der Waals surface area contributed by atoms with Crippen molar-refractivity contribution in [2.45, 2.75) is 39.2 Å². The number of aliphatic hydroxyl groups is 1. The average Bonchev–Trinajstić information content (AvgIpc) is 3.09. The summed E-state index contributed by atoms with van der Waals surface area (Å²) in [5.74, 6) is -1.07. The molecular weight excluding hydrogens is 462 g/mol. The molecule has 1 atom stereocenters. The van der Waals surface area contributed by atoms with E-state index in [-0.39, 0.29) is 17.0 Å². The lowest BCUT2D eigenvalue weighted by Crippen LogP contribution is -2.32. The summed E-state index contributed by atoms with van der Waals surface area (Å²) in [6.45, 7) is 5.51. The monoisotopic (exact) mass is 495 g/mol. The maximum atomic E-state index is 13.2. The number of benzene rings is 2. The maximum Gasteiger partial charge on any atom is 0.295 e. The van der Waals surface area contributed by atoms with Crippen LogP contribution in [0.5, 0.6) is 5.75 Å². The van der Waals surface area contributed by atoms with Crippen LogP contribution in [0, 0.1) is 17.0 Å². The van der Waals surface area contributed by atoms with Gasteiger partial charge in [0.2, 0.25) is 0 Å². The smallest absolute Gasteiger partial charge is 0.295 e. The van der Waals surface area contributed by atoms with Crippen LogP contribution in [0.3, 0.4) is 0 Å². The van der Waals surface area contributed by atoms with Crippen molar-refractivity contribution in [3.05, 3.63) is 74.8 Å². The minimum Gasteiger partial charge on any atom is -0.507 e. The highest BCUT2D eigenvalue weighted by molar-refractivity contribution is 6.46. The van der Waals surface area contributed by atoms with Gasteiger partial charge in [-0.05, 0) is 81.9 Å². The van der Waals surface area contributed by atoms with Crippen molar-refractivity contribution in [1.82, 2.24) is 9.80 Å². The quantitative estimate of drug-likeness (QED) is 0.122. The lowest BCUT2D eigenvalue weighted by Gasteiger charge is -2.26. The van der Waals surface area contributed by atoms with Gasteiger partial charge < -0.3 is 19.6 Å². The van der Waals surface area contributed by atoms with Gasteiger partial charge in [-0.2, -0.15) is 0 Å². The van der Waals surface area contributed by atoms with Crippen molar-refractivity contribution >= 4 is 23.1 Å². The molecule has 1 N–H and O–H groups in total. The summed E-state index contributed by atoms with van der Waals surface area (Å²) in [4.78, 5) is 40.2. The van der Waals surface area contributed by atoms with Crippen LogP contribution >= 0.6 is 0 Å². The zero-order valence-electron chi connectivity index (χ0n) is 21.2. The highest BCUT2D eigenvalue weighted by Gasteiger charge is 2.45. The number of nitrogens with zero attached hydrogens (tertiary/aromatic N) is 3. The summed E-state index contributed by atoms with van der Waals surface area (Å²) in [5, 5.41) is 22.4. The summed E-state index contributed by atoms with van der Waals surface area (Å²) in [5.41, 5.74) is 1.58. The van der Waals surface area contributed by atoms with E-state index in [1.165, 1.54) is 29.2 Å². The fraction of sp³-hybridized carbons (Fsp3) is 0.407. The molecule has 1 aliphatic heterocycles. The number of ketones is 1. The number of amides is 1. The molecule has 9 heteroatoms. The van der Waals surface area contributed by atoms with Gasteiger partial charge in [0.25, 0.3) is 17.4 Å². The summed E-state index contributed by atoms with van der Waals surface area (Å²) in [7, 11) is 3.83. The number of carbonyl (C=O) groups is 2. The van der Waals surface area contributed by atoms with Crippen molar-refractivity contribution in [2.24, 2.45) is 0 Å². The Hall–Kier alpha value is -3.72. The molecular formula is C27H33N3O6. The Bertz CT molecular complexity index is 1160. The van der Waals surface area contributed by atoms with Gasteiger partial charge in [-0.15, -0.1) is 0 Å². The van der Waals surface area contributed by atoms with Crippen LogP contribution in [0.15, 0.2) is 48.0 Å². The molecule has 3 rings (SSSR count). The molecule has 2 aromatic carbocycles. The molecule has 36 heavy (non-hydrogen) atoms. The molecule has 9 nitrogen and oxygen atoms in total. The average molecular weight is 496 g/mol. The van der Waals surface area contributed by atoms with Crippen molar-refractivity contribution in [3.63, 3.8) is 0 Å². The number of non-ortho nitro benzene ring substituents is 1. The van der Waals surface area contributed by atoms with Crippen LogP contribution in [-0.2, 0) is 9.59 Å². The summed E-state index contributed by atoms with van der Waals surface area (Å²) in [6, 6.07) is 10.00. The topological polar surface area (TPSA) is 113 Å². The molecule has 0 spiro atoms. The number of nitro groups is 1. The summed E-state index contributed by atoms with van der Waals surface area (Å²) >= 11 is 0. The van der Waals surface area contributed by atoms with Crippen molar-refractivity contribution < 1.29 is 24.4 Å². The minimum atomic E-state index is -0.853. The Morgan fingerprint density at radius 2 is 1.83 bits per heavy atom. The Morgan fingerprint density at radius 3 is 2.42 bits per heavy atom. The van der Waals surface area contributed by atoms with Gasteiger partial charge in [0, 0.05) is 24.2 Å². The standard InChI is InChI=1S/C27H33N3O6/c1-5-6-16-36-22-13-10-20(17-18(22)2)25(31)23-24(19-8-11-21(12-9-19)30(34)35)29(27(33)26(23)32)15-7-14-28(3)4/h8-13,17,24,31H,5-7,14-16H2,1-4H3/t24-/m1/s1. The van der Waals surface area contributed by atoms with Crippen LogP contribution in [0.2, 0.25) is 0 Å². The number of Topliss-reactive ketones (excluding diaryl/α,β-unsaturated/α-hetero) is 1. The van der Waals surface area contributed by atoms with Crippen LogP contribution in [0.1, 0.15) is 48.9 Å². The van der Waals surface area contributed by atoms with E-state index in [1.54, 1.807) is 18.2 Å². The molecule has 0 aromatic heterocycles. The van der Waals surface area contributed by atoms with E-state index in [0.717, 1.165) is 18.4 Å². The molecule has 1 aliphatic rings. The number of carbonyl (C=O) groups excluding carboxylic acids is 2. The Kier molecular flexibility index (Phi) is 8.82. The van der Waals surface area contributed by atoms with Crippen molar-refractivity contribution in [3.8, 4) is 5.75 Å². The number of nitro benzene ring substituents is 1. The van der Waals surface area contributed by atoms with Gasteiger partial charge in [-0.3, -0.25) is 19.7 Å². The van der Waals surface area contributed by atoms with Crippen LogP contribution in [0.4, 0.5) is 5.69 Å². The van der Waals surface area contributed by atoms with Crippen molar-refractivity contribution in [1.29, 1.82) is 0 Å². The van der Waals surface area contributed by atoms with Crippen molar-refractivity contribution in [2.75, 3.05) is 33.8 Å². The van der Waals surface area contributed by atoms with Gasteiger partial charge >= 0.3 is 0 Å². The lowest BCUT2D eigenvalue weighted by atomic mass is 9.94. The predicted octanol–water partition coefficient (Wildman–Crippen LogP) is 4.46. The highest BCUT2D eigenvalue weighted by atomic mass is 16.6. The molecule has 0 saturated carbocycles. The highest BCUT2D eigenvalue weighted by Crippen LogP contribution is 2.40. The Labute approximate surface area is 211 Å². The minimum absolute atomic E-state index is 0.0299. The number of likely N-dealkylation sites (tertiary alicyclic amines) is 1. The maximum absolute atomic E-state index is 13.2. The summed E-state index contributed by atoms with van der Waals surface area (Å²) < 4.78 is 5.79. The SMILES string of the molecule is CCCCOc1ccc(C(O)=C2C(=O)C(=O)N(CCCN(C)C)[C@@H]2c2ccc([N+](=O)[O-])cc2)cc1C. The number of ether oxygens (including phenoxy) is 1. The zero-order chi connectivity index (χ0) is 26.4. The van der Waals surface area contributed by atoms with Gasteiger partial charge in [0.15, 0.2) is 0 Å². The normalized spacial score (nSPS) is 17.1. The third-order valence-electron chi connectivity index (χ3n) is 6.17. The Morgan fingerprint density at radius 1 is 1.14 bits per heavy atom. The second-order valence-electron chi connectivity index (χ2n) is 9.18. The fourth-order valence-corrected chi connectivity index (χ4v) is 4.23. The molecule has 192 valence electrons. The van der Waals surface area contributed by atoms with E-state index >= 15 is 0 Å². The number of aryl methyl sites for hydroxylation is 1. The third-order valence-corrected chi connectivity index (χ3v) is 6.17. The first-order chi connectivity index (χ1) is 17.1. The first-order valence-electron chi connectivity index (χ1n) is 12.1. The molecule has 0 bridgehead atoms. The molecule has 0 unspecified atom stereocenters. The molecule has 1 saturated heterocycles. The zero-order valence-corrected chi connectivity index (χ0v) is 21.2. The third kappa shape index (κ3) is 5.91. The van der Waals surface area contributed by atoms with Gasteiger partial charge in [0.05, 0.1) is 23.1 Å². The number of hydrogen-bond acceptors (Lipinski definition) is 7. The van der Waals surface area contributed by atoms with E-state index in [9.17, 15) is 24.8 Å². The number of rotatable bonds is 11. The molecule has 1 fully saturated rings. The summed E-state index contributed by atoms with van der Waals surface area (Å²) in [6.07, 6.45) is 2.55. The second-order valence-corrected chi connectivity index (χ2v) is 9.18. The van der Waals surface area contributed by atoms with E-state index in [2.05, 4.69) is 6.92 Å². The largest absolute Gasteiger partial charge is 0.507 e. The van der Waals surface area contributed by atoms with E-state index in [1.807, 2.05) is 25.9 Å².